The number of anilines is 1. The standard InChI is InChI=1S/C19H24N4O/c1-13-7-9-15(10-8-13)19(24)21-12-11-20-18-16-5-3-4-6-17(16)22-14(2)23-18/h7-10H,3-6,11-12H2,1-2H3,(H,21,24)(H,20,22,23). The number of amides is 1. The van der Waals surface area contributed by atoms with E-state index in [-0.39, 0.29) is 5.91 Å². The fourth-order valence-electron chi connectivity index (χ4n) is 3.03. The van der Waals surface area contributed by atoms with Crippen molar-refractivity contribution >= 4 is 11.7 Å². The van der Waals surface area contributed by atoms with Crippen LogP contribution >= 0.6 is 0 Å². The first-order valence-electron chi connectivity index (χ1n) is 8.58. The van der Waals surface area contributed by atoms with Crippen LogP contribution in [0, 0.1) is 13.8 Å². The molecule has 0 bridgehead atoms. The molecule has 1 amide bonds. The molecule has 0 saturated carbocycles. The number of hydrogen-bond acceptors (Lipinski definition) is 4. The number of nitrogens with zero attached hydrogens (tertiary/aromatic N) is 2. The number of aromatic nitrogens is 2. The first-order valence-corrected chi connectivity index (χ1v) is 8.58. The maximum Gasteiger partial charge on any atom is 0.251 e. The van der Waals surface area contributed by atoms with Crippen molar-refractivity contribution in [1.82, 2.24) is 15.3 Å². The lowest BCUT2D eigenvalue weighted by Crippen LogP contribution is -2.29. The zero-order valence-corrected chi connectivity index (χ0v) is 14.4. The van der Waals surface area contributed by atoms with Crippen LogP contribution in [0.15, 0.2) is 24.3 Å². The molecule has 3 rings (SSSR count). The Kier molecular flexibility index (Phi) is 5.08. The number of hydrogen-bond donors (Lipinski definition) is 2. The number of carbonyl (C=O) groups is 1. The van der Waals surface area contributed by atoms with Gasteiger partial charge in [0.25, 0.3) is 5.91 Å². The highest BCUT2D eigenvalue weighted by Gasteiger charge is 2.16. The number of carbonyl (C=O) groups excluding carboxylic acids is 1. The predicted molar refractivity (Wildman–Crippen MR) is 95.4 cm³/mol. The summed E-state index contributed by atoms with van der Waals surface area (Å²) in [5.74, 6) is 1.70. The largest absolute Gasteiger partial charge is 0.368 e. The fourth-order valence-corrected chi connectivity index (χ4v) is 3.03. The monoisotopic (exact) mass is 324 g/mol. The van der Waals surface area contributed by atoms with Gasteiger partial charge in [0.15, 0.2) is 0 Å². The lowest BCUT2D eigenvalue weighted by atomic mass is 9.96. The Labute approximate surface area is 142 Å². The van der Waals surface area contributed by atoms with Crippen molar-refractivity contribution in [2.45, 2.75) is 39.5 Å². The zero-order valence-electron chi connectivity index (χ0n) is 14.4. The highest BCUT2D eigenvalue weighted by atomic mass is 16.1. The minimum Gasteiger partial charge on any atom is -0.368 e. The van der Waals surface area contributed by atoms with Crippen molar-refractivity contribution in [3.05, 3.63) is 52.5 Å². The smallest absolute Gasteiger partial charge is 0.251 e. The van der Waals surface area contributed by atoms with Gasteiger partial charge >= 0.3 is 0 Å². The average Bonchev–Trinajstić information content (AvgIpc) is 2.58. The first kappa shape index (κ1) is 16.4. The molecule has 2 aromatic rings. The van der Waals surface area contributed by atoms with Gasteiger partial charge in [-0.3, -0.25) is 4.79 Å². The molecule has 0 atom stereocenters. The van der Waals surface area contributed by atoms with E-state index >= 15 is 0 Å². The molecule has 1 heterocycles. The molecule has 0 saturated heterocycles. The minimum atomic E-state index is -0.0438. The molecule has 1 aromatic carbocycles. The first-order chi connectivity index (χ1) is 11.6. The molecule has 0 spiro atoms. The van der Waals surface area contributed by atoms with Gasteiger partial charge in [0.2, 0.25) is 0 Å². The summed E-state index contributed by atoms with van der Waals surface area (Å²) in [6, 6.07) is 7.59. The summed E-state index contributed by atoms with van der Waals surface area (Å²) in [5, 5.41) is 6.30. The number of fused-ring (bicyclic) bond motifs is 1. The quantitative estimate of drug-likeness (QED) is 0.830. The summed E-state index contributed by atoms with van der Waals surface area (Å²) in [7, 11) is 0. The Morgan fingerprint density at radius 2 is 1.79 bits per heavy atom. The molecule has 0 fully saturated rings. The van der Waals surface area contributed by atoms with Gasteiger partial charge in [-0.05, 0) is 51.7 Å². The van der Waals surface area contributed by atoms with E-state index in [2.05, 4.69) is 20.6 Å². The van der Waals surface area contributed by atoms with Gasteiger partial charge in [-0.2, -0.15) is 0 Å². The number of aryl methyl sites for hydroxylation is 3. The summed E-state index contributed by atoms with van der Waals surface area (Å²) < 4.78 is 0. The molecule has 24 heavy (non-hydrogen) atoms. The van der Waals surface area contributed by atoms with Crippen molar-refractivity contribution in [3.8, 4) is 0 Å². The van der Waals surface area contributed by atoms with Crippen LogP contribution in [0.3, 0.4) is 0 Å². The summed E-state index contributed by atoms with van der Waals surface area (Å²) >= 11 is 0. The van der Waals surface area contributed by atoms with E-state index in [0.29, 0.717) is 18.7 Å². The van der Waals surface area contributed by atoms with E-state index in [9.17, 15) is 4.79 Å². The Morgan fingerprint density at radius 1 is 1.04 bits per heavy atom. The van der Waals surface area contributed by atoms with Crippen molar-refractivity contribution in [1.29, 1.82) is 0 Å². The van der Waals surface area contributed by atoms with Crippen LogP contribution in [-0.2, 0) is 12.8 Å². The van der Waals surface area contributed by atoms with Gasteiger partial charge in [-0.1, -0.05) is 17.7 Å². The van der Waals surface area contributed by atoms with Crippen LogP contribution in [0.25, 0.3) is 0 Å². The number of rotatable bonds is 5. The van der Waals surface area contributed by atoms with Gasteiger partial charge in [0, 0.05) is 29.9 Å². The van der Waals surface area contributed by atoms with Gasteiger partial charge < -0.3 is 10.6 Å². The number of nitrogens with one attached hydrogen (secondary N) is 2. The fraction of sp³-hybridized carbons (Fsp3) is 0.421. The summed E-state index contributed by atoms with van der Waals surface area (Å²) in [4.78, 5) is 21.2. The zero-order chi connectivity index (χ0) is 16.9. The second-order valence-electron chi connectivity index (χ2n) is 6.30. The van der Waals surface area contributed by atoms with Crippen molar-refractivity contribution < 1.29 is 4.79 Å². The van der Waals surface area contributed by atoms with E-state index in [1.165, 1.54) is 24.1 Å². The summed E-state index contributed by atoms with van der Waals surface area (Å²) in [6.45, 7) is 5.15. The Bertz CT molecular complexity index is 725. The van der Waals surface area contributed by atoms with Crippen LogP contribution in [-0.4, -0.2) is 29.0 Å². The van der Waals surface area contributed by atoms with E-state index in [0.717, 1.165) is 30.0 Å². The Hall–Kier alpha value is -2.43. The maximum atomic E-state index is 12.1. The molecule has 0 unspecified atom stereocenters. The highest BCUT2D eigenvalue weighted by Crippen LogP contribution is 2.25. The van der Waals surface area contributed by atoms with Gasteiger partial charge in [-0.25, -0.2) is 9.97 Å². The minimum absolute atomic E-state index is 0.0438. The molecule has 2 N–H and O–H groups in total. The molecule has 1 aromatic heterocycles. The average molecular weight is 324 g/mol. The lowest BCUT2D eigenvalue weighted by molar-refractivity contribution is 0.0955. The SMILES string of the molecule is Cc1ccc(C(=O)NCCNc2nc(C)nc3c2CCCC3)cc1. The van der Waals surface area contributed by atoms with E-state index < -0.39 is 0 Å². The molecule has 5 heteroatoms. The second kappa shape index (κ2) is 7.43. The highest BCUT2D eigenvalue weighted by molar-refractivity contribution is 5.94. The third-order valence-corrected chi connectivity index (χ3v) is 4.31. The topological polar surface area (TPSA) is 66.9 Å². The number of benzene rings is 1. The van der Waals surface area contributed by atoms with E-state index in [1.807, 2.05) is 38.1 Å². The van der Waals surface area contributed by atoms with E-state index in [4.69, 9.17) is 0 Å². The third-order valence-electron chi connectivity index (χ3n) is 4.31. The molecular weight excluding hydrogens is 300 g/mol. The molecule has 0 radical (unpaired) electrons. The molecule has 126 valence electrons. The van der Waals surface area contributed by atoms with Gasteiger partial charge in [-0.15, -0.1) is 0 Å². The van der Waals surface area contributed by atoms with Gasteiger partial charge in [0.1, 0.15) is 11.6 Å². The lowest BCUT2D eigenvalue weighted by Gasteiger charge is -2.19. The summed E-state index contributed by atoms with van der Waals surface area (Å²) in [5.41, 5.74) is 4.27. The maximum absolute atomic E-state index is 12.1. The molecule has 1 aliphatic carbocycles. The second-order valence-corrected chi connectivity index (χ2v) is 6.30. The predicted octanol–water partition coefficient (Wildman–Crippen LogP) is 2.81. The summed E-state index contributed by atoms with van der Waals surface area (Å²) in [6.07, 6.45) is 4.47. The molecular formula is C19H24N4O. The molecule has 1 aliphatic rings. The van der Waals surface area contributed by atoms with Crippen LogP contribution in [0.5, 0.6) is 0 Å². The normalized spacial score (nSPS) is 13.2. The van der Waals surface area contributed by atoms with Crippen molar-refractivity contribution in [2.24, 2.45) is 0 Å². The Balaban J connectivity index is 1.54. The van der Waals surface area contributed by atoms with Crippen LogP contribution < -0.4 is 10.6 Å². The Morgan fingerprint density at radius 3 is 2.58 bits per heavy atom. The van der Waals surface area contributed by atoms with Gasteiger partial charge in [0.05, 0.1) is 0 Å². The van der Waals surface area contributed by atoms with Crippen LogP contribution in [0.2, 0.25) is 0 Å². The van der Waals surface area contributed by atoms with Crippen molar-refractivity contribution in [3.63, 3.8) is 0 Å². The van der Waals surface area contributed by atoms with Crippen molar-refractivity contribution in [2.75, 3.05) is 18.4 Å². The van der Waals surface area contributed by atoms with Crippen LogP contribution in [0.4, 0.5) is 5.82 Å². The van der Waals surface area contributed by atoms with E-state index in [1.54, 1.807) is 0 Å². The third kappa shape index (κ3) is 3.91. The van der Waals surface area contributed by atoms with Crippen LogP contribution in [0.1, 0.15) is 45.8 Å². The molecule has 5 nitrogen and oxygen atoms in total. The molecule has 0 aliphatic heterocycles.